The molecule has 2 heterocycles. The third-order valence-electron chi connectivity index (χ3n) is 5.81. The molecular formula is C27H31NO5. The summed E-state index contributed by atoms with van der Waals surface area (Å²) in [4.78, 5) is 28.7. The Labute approximate surface area is 194 Å². The fourth-order valence-corrected chi connectivity index (χ4v) is 4.21. The van der Waals surface area contributed by atoms with Gasteiger partial charge in [0.05, 0.1) is 29.7 Å². The topological polar surface area (TPSA) is 69.0 Å². The Morgan fingerprint density at radius 1 is 1.03 bits per heavy atom. The summed E-state index contributed by atoms with van der Waals surface area (Å²) in [5.74, 6) is 0.598. The van der Waals surface area contributed by atoms with E-state index in [9.17, 15) is 9.59 Å². The molecule has 4 rings (SSSR count). The summed E-state index contributed by atoms with van der Waals surface area (Å²) in [6.45, 7) is 7.70. The Balaban J connectivity index is 1.74. The van der Waals surface area contributed by atoms with Crippen molar-refractivity contribution in [3.63, 3.8) is 0 Å². The summed E-state index contributed by atoms with van der Waals surface area (Å²) in [5.41, 5.74) is 1.50. The molecule has 0 radical (unpaired) electrons. The minimum atomic E-state index is -0.526. The highest BCUT2D eigenvalue weighted by molar-refractivity contribution is 5.99. The van der Waals surface area contributed by atoms with Gasteiger partial charge in [-0.05, 0) is 56.5 Å². The number of amides is 1. The van der Waals surface area contributed by atoms with E-state index in [0.29, 0.717) is 42.7 Å². The molecule has 1 aromatic heterocycles. The van der Waals surface area contributed by atoms with Gasteiger partial charge in [0.2, 0.25) is 5.76 Å². The summed E-state index contributed by atoms with van der Waals surface area (Å²) in [7, 11) is 0. The maximum Gasteiger partial charge on any atom is 0.290 e. The number of carbonyl (C=O) groups is 1. The van der Waals surface area contributed by atoms with Crippen LogP contribution in [0.15, 0.2) is 57.7 Å². The van der Waals surface area contributed by atoms with Gasteiger partial charge in [-0.2, -0.15) is 0 Å². The molecule has 1 aliphatic rings. The van der Waals surface area contributed by atoms with Crippen molar-refractivity contribution in [1.82, 2.24) is 4.90 Å². The zero-order valence-electron chi connectivity index (χ0n) is 19.5. The standard InChI is InChI=1S/C27H31NO5/c1-4-5-15-32-20-11-8-10-19(17-20)24-23-25(29)21-12-6-7-13-22(21)33-26(23)27(30)28(24)14-9-16-31-18(2)3/h6-8,10-13,17-18,24H,4-5,9,14-16H2,1-3H3/t24-/m1/s1. The first-order valence-electron chi connectivity index (χ1n) is 11.7. The number of carbonyl (C=O) groups excluding carboxylic acids is 1. The van der Waals surface area contributed by atoms with Crippen molar-refractivity contribution in [2.24, 2.45) is 0 Å². The molecule has 3 aromatic rings. The molecule has 33 heavy (non-hydrogen) atoms. The molecule has 1 amide bonds. The normalized spacial score (nSPS) is 15.5. The number of para-hydroxylation sites is 1. The number of benzene rings is 2. The van der Waals surface area contributed by atoms with Gasteiger partial charge in [0.15, 0.2) is 5.43 Å². The minimum absolute atomic E-state index is 0.123. The van der Waals surface area contributed by atoms with Crippen LogP contribution in [0.3, 0.4) is 0 Å². The average Bonchev–Trinajstić information content (AvgIpc) is 3.09. The van der Waals surface area contributed by atoms with Gasteiger partial charge in [-0.3, -0.25) is 9.59 Å². The summed E-state index contributed by atoms with van der Waals surface area (Å²) in [5, 5.41) is 0.481. The summed E-state index contributed by atoms with van der Waals surface area (Å²) in [6, 6.07) is 14.2. The molecule has 6 heteroatoms. The molecule has 0 bridgehead atoms. The van der Waals surface area contributed by atoms with Crippen LogP contribution >= 0.6 is 0 Å². The van der Waals surface area contributed by atoms with E-state index < -0.39 is 6.04 Å². The Morgan fingerprint density at radius 2 is 1.85 bits per heavy atom. The maximum atomic E-state index is 13.5. The second-order valence-corrected chi connectivity index (χ2v) is 8.62. The molecule has 2 aromatic carbocycles. The van der Waals surface area contributed by atoms with Gasteiger partial charge in [0, 0.05) is 13.2 Å². The molecule has 0 fully saturated rings. The van der Waals surface area contributed by atoms with Crippen LogP contribution in [0.1, 0.15) is 67.8 Å². The number of hydrogen-bond acceptors (Lipinski definition) is 5. The monoisotopic (exact) mass is 449 g/mol. The lowest BCUT2D eigenvalue weighted by Crippen LogP contribution is -2.31. The number of fused-ring (bicyclic) bond motifs is 2. The predicted octanol–water partition coefficient (Wildman–Crippen LogP) is 5.33. The number of ether oxygens (including phenoxy) is 2. The first-order valence-corrected chi connectivity index (χ1v) is 11.7. The van der Waals surface area contributed by atoms with Gasteiger partial charge < -0.3 is 18.8 Å². The molecular weight excluding hydrogens is 418 g/mol. The zero-order chi connectivity index (χ0) is 23.4. The van der Waals surface area contributed by atoms with E-state index in [2.05, 4.69) is 6.92 Å². The third-order valence-corrected chi connectivity index (χ3v) is 5.81. The summed E-state index contributed by atoms with van der Waals surface area (Å²) >= 11 is 0. The van der Waals surface area contributed by atoms with Crippen LogP contribution in [0.25, 0.3) is 11.0 Å². The van der Waals surface area contributed by atoms with E-state index in [1.165, 1.54) is 0 Å². The number of hydrogen-bond donors (Lipinski definition) is 0. The van der Waals surface area contributed by atoms with Crippen LogP contribution < -0.4 is 10.2 Å². The number of nitrogens with zero attached hydrogens (tertiary/aromatic N) is 1. The van der Waals surface area contributed by atoms with Crippen molar-refractivity contribution in [3.8, 4) is 5.75 Å². The van der Waals surface area contributed by atoms with Gasteiger partial charge in [-0.15, -0.1) is 0 Å². The quantitative estimate of drug-likeness (QED) is 0.391. The lowest BCUT2D eigenvalue weighted by atomic mass is 9.98. The van der Waals surface area contributed by atoms with Crippen LogP contribution in [0.2, 0.25) is 0 Å². The number of rotatable bonds is 10. The van der Waals surface area contributed by atoms with E-state index in [1.54, 1.807) is 29.2 Å². The molecule has 1 aliphatic heterocycles. The largest absolute Gasteiger partial charge is 0.494 e. The molecule has 0 saturated heterocycles. The van der Waals surface area contributed by atoms with Crippen molar-refractivity contribution in [3.05, 3.63) is 75.6 Å². The fraction of sp³-hybridized carbons (Fsp3) is 0.407. The molecule has 0 unspecified atom stereocenters. The second kappa shape index (κ2) is 10.2. The first-order chi connectivity index (χ1) is 16.0. The molecule has 1 atom stereocenters. The van der Waals surface area contributed by atoms with Gasteiger partial charge >= 0.3 is 0 Å². The lowest BCUT2D eigenvalue weighted by molar-refractivity contribution is 0.0593. The summed E-state index contributed by atoms with van der Waals surface area (Å²) in [6.07, 6.45) is 2.80. The van der Waals surface area contributed by atoms with Crippen LogP contribution in [-0.4, -0.2) is 36.7 Å². The Hall–Kier alpha value is -3.12. The van der Waals surface area contributed by atoms with Crippen LogP contribution in [0, 0.1) is 0 Å². The van der Waals surface area contributed by atoms with Crippen LogP contribution in [-0.2, 0) is 4.74 Å². The number of unbranched alkanes of at least 4 members (excludes halogenated alkanes) is 1. The minimum Gasteiger partial charge on any atom is -0.494 e. The van der Waals surface area contributed by atoms with Gasteiger partial charge in [-0.1, -0.05) is 37.6 Å². The van der Waals surface area contributed by atoms with E-state index >= 15 is 0 Å². The highest BCUT2D eigenvalue weighted by Crippen LogP contribution is 2.39. The van der Waals surface area contributed by atoms with Crippen LogP contribution in [0.4, 0.5) is 0 Å². The zero-order valence-corrected chi connectivity index (χ0v) is 19.5. The highest BCUT2D eigenvalue weighted by atomic mass is 16.5. The van der Waals surface area contributed by atoms with Gasteiger partial charge in [0.1, 0.15) is 11.3 Å². The lowest BCUT2D eigenvalue weighted by Gasteiger charge is -2.25. The van der Waals surface area contributed by atoms with Crippen molar-refractivity contribution in [2.45, 2.75) is 52.2 Å². The summed E-state index contributed by atoms with van der Waals surface area (Å²) < 4.78 is 17.5. The van der Waals surface area contributed by atoms with Crippen molar-refractivity contribution in [1.29, 1.82) is 0 Å². The Morgan fingerprint density at radius 3 is 2.64 bits per heavy atom. The fourth-order valence-electron chi connectivity index (χ4n) is 4.21. The van der Waals surface area contributed by atoms with E-state index in [-0.39, 0.29) is 23.2 Å². The Bertz CT molecular complexity index is 1180. The van der Waals surface area contributed by atoms with Crippen molar-refractivity contribution < 1.29 is 18.7 Å². The van der Waals surface area contributed by atoms with Crippen molar-refractivity contribution in [2.75, 3.05) is 19.8 Å². The van der Waals surface area contributed by atoms with E-state index in [4.69, 9.17) is 13.9 Å². The maximum absolute atomic E-state index is 13.5. The smallest absolute Gasteiger partial charge is 0.290 e. The molecule has 0 N–H and O–H groups in total. The van der Waals surface area contributed by atoms with Crippen molar-refractivity contribution >= 4 is 16.9 Å². The Kier molecular flexibility index (Phi) is 7.14. The molecule has 6 nitrogen and oxygen atoms in total. The molecule has 174 valence electrons. The van der Waals surface area contributed by atoms with Crippen LogP contribution in [0.5, 0.6) is 5.75 Å². The van der Waals surface area contributed by atoms with Gasteiger partial charge in [0.25, 0.3) is 5.91 Å². The van der Waals surface area contributed by atoms with Gasteiger partial charge in [-0.25, -0.2) is 0 Å². The van der Waals surface area contributed by atoms with E-state index in [1.807, 2.05) is 38.1 Å². The second-order valence-electron chi connectivity index (χ2n) is 8.62. The third kappa shape index (κ3) is 4.81. The first kappa shape index (κ1) is 23.1. The molecule has 0 aliphatic carbocycles. The average molecular weight is 450 g/mol. The molecule has 0 spiro atoms. The predicted molar refractivity (Wildman–Crippen MR) is 128 cm³/mol. The van der Waals surface area contributed by atoms with E-state index in [0.717, 1.165) is 24.2 Å². The molecule has 0 saturated carbocycles. The highest BCUT2D eigenvalue weighted by Gasteiger charge is 2.42. The SMILES string of the molecule is CCCCOc1cccc([C@@H]2c3c(oc4ccccc4c3=O)C(=O)N2CCCOC(C)C)c1.